The van der Waals surface area contributed by atoms with E-state index in [-0.39, 0.29) is 18.4 Å². The molecule has 1 amide bonds. The Morgan fingerprint density at radius 3 is 2.94 bits per heavy atom. The number of carbonyl (C=O) groups is 2. The van der Waals surface area contributed by atoms with Crippen LogP contribution in [0.5, 0.6) is 0 Å². The van der Waals surface area contributed by atoms with Gasteiger partial charge in [0.1, 0.15) is 0 Å². The summed E-state index contributed by atoms with van der Waals surface area (Å²) in [6.07, 6.45) is 0.0277. The summed E-state index contributed by atoms with van der Waals surface area (Å²) in [5.41, 5.74) is 0.673. The number of aliphatic carboxylic acids is 1. The zero-order valence-electron chi connectivity index (χ0n) is 9.47. The third-order valence-electron chi connectivity index (χ3n) is 2.71. The molecule has 1 unspecified atom stereocenters. The van der Waals surface area contributed by atoms with E-state index in [4.69, 9.17) is 5.11 Å². The van der Waals surface area contributed by atoms with Gasteiger partial charge in [0.15, 0.2) is 0 Å². The highest BCUT2D eigenvalue weighted by atomic mass is 127. The van der Waals surface area contributed by atoms with Crippen LogP contribution in [0.1, 0.15) is 16.8 Å². The molecule has 1 atom stereocenters. The molecule has 98 valence electrons. The smallest absolute Gasteiger partial charge is 0.305 e. The van der Waals surface area contributed by atoms with E-state index in [1.54, 1.807) is 16.7 Å². The molecular weight excluding hydrogens is 385 g/mol. The van der Waals surface area contributed by atoms with Crippen molar-refractivity contribution in [2.24, 2.45) is 0 Å². The molecule has 1 fully saturated rings. The lowest BCUT2D eigenvalue weighted by atomic mass is 10.1. The average molecular weight is 397 g/mol. The fourth-order valence-electron chi connectivity index (χ4n) is 1.88. The third-order valence-corrected chi connectivity index (χ3v) is 5.59. The predicted molar refractivity (Wildman–Crippen MR) is 81.4 cm³/mol. The van der Waals surface area contributed by atoms with Crippen molar-refractivity contribution in [3.05, 3.63) is 19.9 Å². The maximum absolute atomic E-state index is 12.3. The van der Waals surface area contributed by atoms with Gasteiger partial charge in [-0.15, -0.1) is 11.3 Å². The number of thioether (sulfide) groups is 1. The lowest BCUT2D eigenvalue weighted by molar-refractivity contribution is -0.138. The molecule has 0 spiro atoms. The van der Waals surface area contributed by atoms with Crippen LogP contribution in [0.3, 0.4) is 0 Å². The molecule has 1 N–H and O–H groups in total. The number of thiophene rings is 1. The van der Waals surface area contributed by atoms with Crippen LogP contribution < -0.4 is 0 Å². The second kappa shape index (κ2) is 6.25. The maximum atomic E-state index is 12.3. The van der Waals surface area contributed by atoms with Gasteiger partial charge >= 0.3 is 5.97 Å². The minimum atomic E-state index is -0.847. The van der Waals surface area contributed by atoms with E-state index >= 15 is 0 Å². The molecule has 18 heavy (non-hydrogen) atoms. The molecule has 2 heterocycles. The van der Waals surface area contributed by atoms with Gasteiger partial charge in [-0.3, -0.25) is 9.59 Å². The first kappa shape index (κ1) is 14.1. The van der Waals surface area contributed by atoms with Crippen LogP contribution in [0.25, 0.3) is 0 Å². The van der Waals surface area contributed by atoms with Gasteiger partial charge in [-0.25, -0.2) is 0 Å². The van der Waals surface area contributed by atoms with Crippen LogP contribution in [-0.2, 0) is 4.79 Å². The van der Waals surface area contributed by atoms with Gasteiger partial charge in [-0.1, -0.05) is 0 Å². The lowest BCUT2D eigenvalue weighted by Crippen LogP contribution is -2.47. The van der Waals surface area contributed by atoms with E-state index < -0.39 is 5.97 Å². The van der Waals surface area contributed by atoms with Crippen LogP contribution in [0.15, 0.2) is 11.4 Å². The first-order valence-corrected chi connectivity index (χ1v) is 8.54. The van der Waals surface area contributed by atoms with Crippen molar-refractivity contribution < 1.29 is 14.7 Å². The second-order valence-corrected chi connectivity index (χ2v) is 7.92. The Morgan fingerprint density at radius 1 is 1.56 bits per heavy atom. The molecule has 1 aromatic rings. The molecule has 1 aromatic heterocycles. The standard InChI is InChI=1S/C11H12INO3S2/c12-9-3-7(5-18-9)11(16)13-1-2-17-6-8(13)4-10(14)15/h3,5,8H,1-2,4,6H2,(H,14,15). The van der Waals surface area contributed by atoms with Crippen LogP contribution >= 0.6 is 45.7 Å². The van der Waals surface area contributed by atoms with E-state index in [0.29, 0.717) is 17.9 Å². The van der Waals surface area contributed by atoms with Gasteiger partial charge in [0.25, 0.3) is 5.91 Å². The number of hydrogen-bond acceptors (Lipinski definition) is 4. The minimum absolute atomic E-state index is 0.0277. The van der Waals surface area contributed by atoms with Crippen molar-refractivity contribution in [3.63, 3.8) is 0 Å². The van der Waals surface area contributed by atoms with E-state index in [2.05, 4.69) is 22.6 Å². The van der Waals surface area contributed by atoms with E-state index in [0.717, 1.165) is 8.64 Å². The second-order valence-electron chi connectivity index (χ2n) is 3.96. The summed E-state index contributed by atoms with van der Waals surface area (Å²) in [5, 5.41) is 10.7. The summed E-state index contributed by atoms with van der Waals surface area (Å²) in [6.45, 7) is 0.633. The van der Waals surface area contributed by atoms with Crippen molar-refractivity contribution in [1.29, 1.82) is 0 Å². The lowest BCUT2D eigenvalue weighted by Gasteiger charge is -2.34. The monoisotopic (exact) mass is 397 g/mol. The van der Waals surface area contributed by atoms with Gasteiger partial charge in [0, 0.05) is 23.4 Å². The molecule has 0 aromatic carbocycles. The molecule has 2 rings (SSSR count). The average Bonchev–Trinajstić information content (AvgIpc) is 2.75. The van der Waals surface area contributed by atoms with E-state index in [1.807, 2.05) is 11.4 Å². The van der Waals surface area contributed by atoms with Gasteiger partial charge < -0.3 is 10.0 Å². The Hall–Kier alpha value is -0.280. The summed E-state index contributed by atoms with van der Waals surface area (Å²) in [7, 11) is 0. The van der Waals surface area contributed by atoms with Crippen molar-refractivity contribution in [1.82, 2.24) is 4.90 Å². The maximum Gasteiger partial charge on any atom is 0.305 e. The Bertz CT molecular complexity index is 463. The topological polar surface area (TPSA) is 57.6 Å². The highest BCUT2D eigenvalue weighted by Crippen LogP contribution is 2.24. The highest BCUT2D eigenvalue weighted by Gasteiger charge is 2.29. The summed E-state index contributed by atoms with van der Waals surface area (Å²) >= 11 is 5.42. The zero-order chi connectivity index (χ0) is 13.1. The van der Waals surface area contributed by atoms with Gasteiger partial charge in [-0.2, -0.15) is 11.8 Å². The summed E-state index contributed by atoms with van der Waals surface area (Å²) in [6, 6.07) is 1.67. The summed E-state index contributed by atoms with van der Waals surface area (Å²) in [5.74, 6) is 0.698. The highest BCUT2D eigenvalue weighted by molar-refractivity contribution is 14.1. The van der Waals surface area contributed by atoms with Crippen LogP contribution in [0.2, 0.25) is 0 Å². The molecule has 0 radical (unpaired) electrons. The summed E-state index contributed by atoms with van der Waals surface area (Å²) in [4.78, 5) is 24.9. The number of carboxylic acids is 1. The van der Waals surface area contributed by atoms with Crippen LogP contribution in [-0.4, -0.2) is 46.0 Å². The number of nitrogens with zero attached hydrogens (tertiary/aromatic N) is 1. The fraction of sp³-hybridized carbons (Fsp3) is 0.455. The normalized spacial score (nSPS) is 19.8. The third kappa shape index (κ3) is 3.39. The number of amides is 1. The van der Waals surface area contributed by atoms with E-state index in [9.17, 15) is 9.59 Å². The molecule has 7 heteroatoms. The molecule has 0 saturated carbocycles. The Kier molecular flexibility index (Phi) is 4.91. The Balaban J connectivity index is 2.13. The van der Waals surface area contributed by atoms with Gasteiger partial charge in [0.05, 0.1) is 20.9 Å². The van der Waals surface area contributed by atoms with E-state index in [1.165, 1.54) is 11.3 Å². The molecule has 0 bridgehead atoms. The Morgan fingerprint density at radius 2 is 2.33 bits per heavy atom. The van der Waals surface area contributed by atoms with Gasteiger partial charge in [-0.05, 0) is 28.7 Å². The first-order chi connectivity index (χ1) is 8.58. The number of halogens is 1. The molecular formula is C11H12INO3S2. The SMILES string of the molecule is O=C(O)CC1CSCCN1C(=O)c1csc(I)c1. The number of carbonyl (C=O) groups excluding carboxylic acids is 1. The van der Waals surface area contributed by atoms with Crippen LogP contribution in [0.4, 0.5) is 0 Å². The minimum Gasteiger partial charge on any atom is -0.481 e. The van der Waals surface area contributed by atoms with Crippen molar-refractivity contribution >= 4 is 57.6 Å². The quantitative estimate of drug-likeness (QED) is 0.796. The molecule has 4 nitrogen and oxygen atoms in total. The molecule has 1 saturated heterocycles. The molecule has 1 aliphatic heterocycles. The number of carboxylic acid groups (broad SMARTS) is 1. The zero-order valence-corrected chi connectivity index (χ0v) is 13.3. The fourth-order valence-corrected chi connectivity index (χ4v) is 4.26. The molecule has 0 aliphatic carbocycles. The first-order valence-electron chi connectivity index (χ1n) is 5.42. The number of hydrogen-bond donors (Lipinski definition) is 1. The van der Waals surface area contributed by atoms with Crippen molar-refractivity contribution in [2.45, 2.75) is 12.5 Å². The summed E-state index contributed by atoms with van der Waals surface area (Å²) < 4.78 is 1.07. The van der Waals surface area contributed by atoms with Crippen LogP contribution in [0, 0.1) is 2.88 Å². The number of rotatable bonds is 3. The predicted octanol–water partition coefficient (Wildman–Crippen LogP) is 2.39. The van der Waals surface area contributed by atoms with Crippen molar-refractivity contribution in [2.75, 3.05) is 18.1 Å². The largest absolute Gasteiger partial charge is 0.481 e. The van der Waals surface area contributed by atoms with Gasteiger partial charge in [0.2, 0.25) is 0 Å². The molecule has 1 aliphatic rings. The van der Waals surface area contributed by atoms with Crippen molar-refractivity contribution in [3.8, 4) is 0 Å². The Labute approximate surface area is 127 Å².